The molecule has 25 heavy (non-hydrogen) atoms. The number of amides is 1. The maximum atomic E-state index is 12.4. The number of aromatic nitrogens is 2. The molecule has 0 saturated heterocycles. The molecule has 1 aromatic heterocycles. The predicted octanol–water partition coefficient (Wildman–Crippen LogP) is 2.03. The summed E-state index contributed by atoms with van der Waals surface area (Å²) in [6.45, 7) is 1.99. The lowest BCUT2D eigenvalue weighted by molar-refractivity contribution is -0.118. The number of carbonyl (C=O) groups excluding carboxylic acids is 2. The van der Waals surface area contributed by atoms with Crippen LogP contribution in [-0.2, 0) is 11.2 Å². The fourth-order valence-electron chi connectivity index (χ4n) is 2.41. The van der Waals surface area contributed by atoms with Crippen LogP contribution in [-0.4, -0.2) is 34.0 Å². The van der Waals surface area contributed by atoms with Gasteiger partial charge in [0.25, 0.3) is 11.5 Å². The van der Waals surface area contributed by atoms with Crippen LogP contribution in [0.15, 0.2) is 34.2 Å². The number of carbonyl (C=O) groups is 2. The van der Waals surface area contributed by atoms with E-state index in [0.717, 1.165) is 18.5 Å². The minimum atomic E-state index is -0.249. The molecule has 1 amide bonds. The third kappa shape index (κ3) is 4.27. The lowest BCUT2D eigenvalue weighted by atomic mass is 10.1. The Balaban J connectivity index is 1.70. The summed E-state index contributed by atoms with van der Waals surface area (Å²) < 4.78 is 5.27. The molecule has 0 radical (unpaired) electrons. The van der Waals surface area contributed by atoms with E-state index in [0.29, 0.717) is 22.2 Å². The molecule has 7 nitrogen and oxygen atoms in total. The van der Waals surface area contributed by atoms with Gasteiger partial charge in [-0.25, -0.2) is 4.98 Å². The van der Waals surface area contributed by atoms with Crippen molar-refractivity contribution < 1.29 is 14.3 Å². The van der Waals surface area contributed by atoms with E-state index in [9.17, 15) is 14.4 Å². The van der Waals surface area contributed by atoms with Gasteiger partial charge in [-0.1, -0.05) is 25.1 Å². The Morgan fingerprint density at radius 3 is 2.96 bits per heavy atom. The molecule has 1 aliphatic heterocycles. The summed E-state index contributed by atoms with van der Waals surface area (Å²) in [4.78, 5) is 42.4. The van der Waals surface area contributed by atoms with Crippen molar-refractivity contribution in [2.75, 3.05) is 17.7 Å². The van der Waals surface area contributed by atoms with Crippen molar-refractivity contribution in [2.45, 2.75) is 24.9 Å². The van der Waals surface area contributed by atoms with Gasteiger partial charge in [-0.15, -0.1) is 0 Å². The van der Waals surface area contributed by atoms with E-state index in [1.807, 2.05) is 6.92 Å². The van der Waals surface area contributed by atoms with E-state index in [4.69, 9.17) is 4.74 Å². The van der Waals surface area contributed by atoms with Gasteiger partial charge in [0.2, 0.25) is 0 Å². The van der Waals surface area contributed by atoms with Gasteiger partial charge in [0.1, 0.15) is 5.75 Å². The van der Waals surface area contributed by atoms with Gasteiger partial charge < -0.3 is 15.0 Å². The third-order valence-corrected chi connectivity index (χ3v) is 4.43. The highest BCUT2D eigenvalue weighted by Gasteiger charge is 2.18. The molecule has 3 rings (SSSR count). The first-order valence-electron chi connectivity index (χ1n) is 7.88. The molecule has 0 aliphatic carbocycles. The van der Waals surface area contributed by atoms with E-state index in [2.05, 4.69) is 15.3 Å². The summed E-state index contributed by atoms with van der Waals surface area (Å²) in [7, 11) is 0. The summed E-state index contributed by atoms with van der Waals surface area (Å²) >= 11 is 1.18. The van der Waals surface area contributed by atoms with E-state index < -0.39 is 0 Å². The zero-order chi connectivity index (χ0) is 17.8. The molecule has 2 aromatic rings. The number of fused-ring (bicyclic) bond motifs is 1. The van der Waals surface area contributed by atoms with Gasteiger partial charge in [0.05, 0.1) is 11.4 Å². The topological polar surface area (TPSA) is 101 Å². The lowest BCUT2D eigenvalue weighted by Gasteiger charge is -2.18. The Labute approximate surface area is 148 Å². The minimum Gasteiger partial charge on any atom is -0.482 e. The monoisotopic (exact) mass is 359 g/mol. The first-order chi connectivity index (χ1) is 12.0. The van der Waals surface area contributed by atoms with Crippen molar-refractivity contribution >= 4 is 29.1 Å². The zero-order valence-corrected chi connectivity index (χ0v) is 14.4. The van der Waals surface area contributed by atoms with Crippen LogP contribution in [0.4, 0.5) is 5.69 Å². The maximum absolute atomic E-state index is 12.4. The summed E-state index contributed by atoms with van der Waals surface area (Å²) in [6.07, 6.45) is 1.61. The largest absolute Gasteiger partial charge is 0.482 e. The second-order valence-corrected chi connectivity index (χ2v) is 6.52. The molecule has 0 unspecified atom stereocenters. The van der Waals surface area contributed by atoms with E-state index in [-0.39, 0.29) is 29.6 Å². The molecule has 1 aromatic carbocycles. The van der Waals surface area contributed by atoms with Gasteiger partial charge in [0.15, 0.2) is 17.5 Å². The SMILES string of the molecule is CCCc1cc(=O)[nH]c(SCC(=O)c2ccc3c(c2)NC(=O)CO3)n1. The fraction of sp³-hybridized carbons (Fsp3) is 0.294. The second kappa shape index (κ2) is 7.52. The first-order valence-corrected chi connectivity index (χ1v) is 8.86. The van der Waals surface area contributed by atoms with Gasteiger partial charge in [-0.2, -0.15) is 0 Å². The van der Waals surface area contributed by atoms with E-state index in [1.165, 1.54) is 17.8 Å². The molecule has 0 spiro atoms. The maximum Gasteiger partial charge on any atom is 0.262 e. The Morgan fingerprint density at radius 1 is 1.32 bits per heavy atom. The zero-order valence-electron chi connectivity index (χ0n) is 13.6. The van der Waals surface area contributed by atoms with Crippen molar-refractivity contribution in [1.29, 1.82) is 0 Å². The number of benzene rings is 1. The fourth-order valence-corrected chi connectivity index (χ4v) is 3.20. The Kier molecular flexibility index (Phi) is 5.18. The van der Waals surface area contributed by atoms with Crippen LogP contribution in [0.1, 0.15) is 29.4 Å². The number of nitrogens with one attached hydrogen (secondary N) is 2. The average Bonchev–Trinajstić information content (AvgIpc) is 2.59. The molecule has 0 fully saturated rings. The number of aromatic amines is 1. The number of aryl methyl sites for hydroxylation is 1. The Hall–Kier alpha value is -2.61. The quantitative estimate of drug-likeness (QED) is 0.465. The molecular formula is C17H17N3O4S. The molecule has 130 valence electrons. The Bertz CT molecular complexity index is 878. The molecule has 1 aliphatic rings. The number of thioether (sulfide) groups is 1. The van der Waals surface area contributed by atoms with Crippen molar-refractivity contribution in [3.05, 3.63) is 45.9 Å². The van der Waals surface area contributed by atoms with Crippen molar-refractivity contribution in [3.63, 3.8) is 0 Å². The molecular weight excluding hydrogens is 342 g/mol. The van der Waals surface area contributed by atoms with E-state index >= 15 is 0 Å². The number of ketones is 1. The summed E-state index contributed by atoms with van der Waals surface area (Å²) in [6, 6.07) is 6.39. The predicted molar refractivity (Wildman–Crippen MR) is 94.5 cm³/mol. The number of hydrogen-bond donors (Lipinski definition) is 2. The third-order valence-electron chi connectivity index (χ3n) is 3.55. The highest BCUT2D eigenvalue weighted by molar-refractivity contribution is 7.99. The number of rotatable bonds is 6. The summed E-state index contributed by atoms with van der Waals surface area (Å²) in [5.74, 6) is 0.297. The molecule has 0 bridgehead atoms. The first kappa shape index (κ1) is 17.2. The summed E-state index contributed by atoms with van der Waals surface area (Å²) in [5.41, 5.74) is 1.45. The number of Topliss-reactive ketones (excluding diaryl/α,β-unsaturated/α-hetero) is 1. The highest BCUT2D eigenvalue weighted by atomic mass is 32.2. The molecule has 2 heterocycles. The molecule has 8 heteroatoms. The van der Waals surface area contributed by atoms with Crippen molar-refractivity contribution in [2.24, 2.45) is 0 Å². The standard InChI is InChI=1S/C17H17N3O4S/c1-2-3-11-7-15(22)20-17(18-11)25-9-13(21)10-4-5-14-12(6-10)19-16(23)8-24-14/h4-7H,2-3,8-9H2,1H3,(H,19,23)(H,18,20,22). The molecule has 0 atom stereocenters. The van der Waals surface area contributed by atoms with Gasteiger partial charge >= 0.3 is 0 Å². The van der Waals surface area contributed by atoms with Crippen LogP contribution in [0.3, 0.4) is 0 Å². The number of ether oxygens (including phenoxy) is 1. The number of hydrogen-bond acceptors (Lipinski definition) is 6. The summed E-state index contributed by atoms with van der Waals surface area (Å²) in [5, 5.41) is 3.10. The highest BCUT2D eigenvalue weighted by Crippen LogP contribution is 2.29. The number of anilines is 1. The second-order valence-electron chi connectivity index (χ2n) is 5.55. The van der Waals surface area contributed by atoms with Crippen LogP contribution < -0.4 is 15.6 Å². The van der Waals surface area contributed by atoms with Crippen LogP contribution in [0.25, 0.3) is 0 Å². The average molecular weight is 359 g/mol. The Morgan fingerprint density at radius 2 is 2.16 bits per heavy atom. The van der Waals surface area contributed by atoms with Crippen molar-refractivity contribution in [1.82, 2.24) is 9.97 Å². The van der Waals surface area contributed by atoms with Crippen LogP contribution >= 0.6 is 11.8 Å². The normalized spacial score (nSPS) is 12.9. The smallest absolute Gasteiger partial charge is 0.262 e. The number of nitrogens with zero attached hydrogens (tertiary/aromatic N) is 1. The molecule has 0 saturated carbocycles. The van der Waals surface area contributed by atoms with Gasteiger partial charge in [0, 0.05) is 17.3 Å². The minimum absolute atomic E-state index is 0.0245. The van der Waals surface area contributed by atoms with Crippen molar-refractivity contribution in [3.8, 4) is 5.75 Å². The van der Waals surface area contributed by atoms with Gasteiger partial charge in [-0.05, 0) is 24.6 Å². The van der Waals surface area contributed by atoms with E-state index in [1.54, 1.807) is 18.2 Å². The van der Waals surface area contributed by atoms with Crippen LogP contribution in [0.2, 0.25) is 0 Å². The molecule has 2 N–H and O–H groups in total. The van der Waals surface area contributed by atoms with Crippen LogP contribution in [0.5, 0.6) is 5.75 Å². The number of H-pyrrole nitrogens is 1. The lowest BCUT2D eigenvalue weighted by Crippen LogP contribution is -2.25. The van der Waals surface area contributed by atoms with Gasteiger partial charge in [-0.3, -0.25) is 14.4 Å². The van der Waals surface area contributed by atoms with Crippen LogP contribution in [0, 0.1) is 0 Å².